The molecular weight excluding hydrogens is 857 g/mol. The lowest BCUT2D eigenvalue weighted by Crippen LogP contribution is -2.55. The van der Waals surface area contributed by atoms with Crippen LogP contribution in [0.4, 0.5) is 5.69 Å². The van der Waals surface area contributed by atoms with E-state index < -0.39 is 75.2 Å². The van der Waals surface area contributed by atoms with Gasteiger partial charge in [0.05, 0.1) is 11.8 Å². The molecule has 3 aromatic carbocycles. The molecule has 16 heteroatoms. The summed E-state index contributed by atoms with van der Waals surface area (Å²) in [5, 5.41) is 5.09. The van der Waals surface area contributed by atoms with Crippen molar-refractivity contribution in [1.82, 2.24) is 15.1 Å². The lowest BCUT2D eigenvalue weighted by atomic mass is 9.90. The molecule has 6 rings (SSSR count). The molecule has 1 unspecified atom stereocenters. The van der Waals surface area contributed by atoms with Crippen LogP contribution in [0.25, 0.3) is 16.8 Å². The number of ether oxygens (including phenoxy) is 1. The first kappa shape index (κ1) is 48.7. The topological polar surface area (TPSA) is 194 Å². The normalized spacial score (nSPS) is 20.7. The number of rotatable bonds is 22. The Kier molecular flexibility index (Phi) is 17.5. The van der Waals surface area contributed by atoms with Gasteiger partial charge in [-0.15, -0.1) is 0 Å². The zero-order valence-corrected chi connectivity index (χ0v) is 38.2. The molecule has 6 atom stereocenters. The van der Waals surface area contributed by atoms with E-state index in [1.165, 1.54) is 15.7 Å². The number of hydrogen-bond acceptors (Lipinski definition) is 11. The Bertz CT molecular complexity index is 2320. The Labute approximate surface area is 379 Å². The van der Waals surface area contributed by atoms with Crippen LogP contribution in [0.3, 0.4) is 0 Å². The second kappa shape index (κ2) is 22.9. The predicted octanol–water partition coefficient (Wildman–Crippen LogP) is 6.15. The third kappa shape index (κ3) is 13.4. The average Bonchev–Trinajstić information content (AvgIpc) is 4.07. The van der Waals surface area contributed by atoms with E-state index in [0.717, 1.165) is 42.6 Å². The molecule has 14 nitrogen and oxygen atoms in total. The number of likely N-dealkylation sites (tertiary alicyclic amines) is 2. The standard InChI is InChI=1S/C48H62N4O10S2/c1-3-4-11-37-33-41(23-18-34(37)2)62-48(56)44-16-9-29-52(44)47(55)42(25-31-64(59,60)61)49-46(54)43-15-8-26-50(43)27-10-17-45(53)36(24-30-63(57)58)20-21-39-14-7-28-51(39)40-22-19-35-12-5-6-13-38(35)32-40/h3-6,11-13,18-19,22-23,32-33,36,39,42-44H,1,7-10,14-17,20-21,24-31H2,2H3,(H,49,54)(H,57,58)(H,59,60,61)/p-1/b11-4-/t36-,39-,42-,43-,44-/m0/s1. The minimum atomic E-state index is -4.50. The number of allylic oxidation sites excluding steroid dienone is 2. The van der Waals surface area contributed by atoms with E-state index in [0.29, 0.717) is 57.4 Å². The molecule has 3 fully saturated rings. The van der Waals surface area contributed by atoms with Crippen molar-refractivity contribution in [3.8, 4) is 5.75 Å². The number of Topliss-reactive ketones (excluding diaryl/α,β-unsaturated/α-hetero) is 1. The molecule has 3 heterocycles. The smallest absolute Gasteiger partial charge is 0.334 e. The second-order valence-electron chi connectivity index (χ2n) is 17.2. The van der Waals surface area contributed by atoms with Crippen LogP contribution in [0.15, 0.2) is 79.4 Å². The van der Waals surface area contributed by atoms with Crippen LogP contribution in [0.1, 0.15) is 88.2 Å². The van der Waals surface area contributed by atoms with Crippen molar-refractivity contribution >= 4 is 67.3 Å². The van der Waals surface area contributed by atoms with Crippen LogP contribution >= 0.6 is 0 Å². The number of hydrogen-bond donors (Lipinski definition) is 2. The van der Waals surface area contributed by atoms with Gasteiger partial charge in [0, 0.05) is 42.9 Å². The van der Waals surface area contributed by atoms with E-state index in [1.807, 2.05) is 36.1 Å². The maximum atomic E-state index is 14.1. The Morgan fingerprint density at radius 1 is 0.953 bits per heavy atom. The maximum Gasteiger partial charge on any atom is 0.334 e. The summed E-state index contributed by atoms with van der Waals surface area (Å²) in [5.41, 5.74) is 2.93. The van der Waals surface area contributed by atoms with Crippen molar-refractivity contribution in [1.29, 1.82) is 0 Å². The number of benzene rings is 3. The molecule has 2 amide bonds. The maximum absolute atomic E-state index is 14.1. The SMILES string of the molecule is C=C/C=C\c1cc(OC(=O)[C@@H]2CCCN2C(=O)[C@H](CCS(=O)(=O)O)NC(=O)[C@@H]2CCCN2CCCC(=O)[C@@H](CC[C@@H]2CCCN2c2ccc3ccccc3c2)CCS(=O)[O-])ccc1C. The van der Waals surface area contributed by atoms with Gasteiger partial charge < -0.3 is 24.4 Å². The molecule has 3 saturated heterocycles. The number of fused-ring (bicyclic) bond motifs is 1. The number of amides is 2. The summed E-state index contributed by atoms with van der Waals surface area (Å²) in [6, 6.07) is 17.2. The predicted molar refractivity (Wildman–Crippen MR) is 248 cm³/mol. The van der Waals surface area contributed by atoms with Crippen LogP contribution in [0.5, 0.6) is 5.75 Å². The minimum Gasteiger partial charge on any atom is -0.772 e. The minimum absolute atomic E-state index is 0.00261. The Balaban J connectivity index is 1.05. The molecule has 3 aromatic rings. The fraction of sp³-hybridized carbons (Fsp3) is 0.500. The Morgan fingerprint density at radius 2 is 1.70 bits per heavy atom. The number of carbonyl (C=O) groups excluding carboxylic acids is 4. The van der Waals surface area contributed by atoms with Gasteiger partial charge in [-0.1, -0.05) is 72.3 Å². The van der Waals surface area contributed by atoms with E-state index in [1.54, 1.807) is 24.3 Å². The van der Waals surface area contributed by atoms with Crippen molar-refractivity contribution in [2.45, 2.75) is 108 Å². The van der Waals surface area contributed by atoms with Crippen molar-refractivity contribution in [3.63, 3.8) is 0 Å². The van der Waals surface area contributed by atoms with Gasteiger partial charge >= 0.3 is 5.97 Å². The summed E-state index contributed by atoms with van der Waals surface area (Å²) in [6.07, 6.45) is 11.1. The molecule has 0 saturated carbocycles. The van der Waals surface area contributed by atoms with Crippen molar-refractivity contribution in [2.75, 3.05) is 42.6 Å². The lowest BCUT2D eigenvalue weighted by Gasteiger charge is -2.30. The summed E-state index contributed by atoms with van der Waals surface area (Å²) in [6.45, 7) is 7.70. The summed E-state index contributed by atoms with van der Waals surface area (Å²) < 4.78 is 62.2. The van der Waals surface area contributed by atoms with E-state index in [4.69, 9.17) is 4.74 Å². The molecule has 2 N–H and O–H groups in total. The summed E-state index contributed by atoms with van der Waals surface area (Å²) in [4.78, 5) is 60.8. The second-order valence-corrected chi connectivity index (χ2v) is 19.8. The van der Waals surface area contributed by atoms with Crippen LogP contribution in [0, 0.1) is 12.8 Å². The van der Waals surface area contributed by atoms with E-state index >= 15 is 0 Å². The molecule has 0 bridgehead atoms. The first-order valence-electron chi connectivity index (χ1n) is 22.5. The van der Waals surface area contributed by atoms with Gasteiger partial charge in [-0.05, 0) is 137 Å². The largest absolute Gasteiger partial charge is 0.772 e. The number of carbonyl (C=O) groups is 4. The van der Waals surface area contributed by atoms with E-state index in [9.17, 15) is 40.9 Å². The molecule has 3 aliphatic rings. The van der Waals surface area contributed by atoms with Crippen molar-refractivity contribution < 1.29 is 45.6 Å². The van der Waals surface area contributed by atoms with Crippen LogP contribution in [-0.2, 0) is 40.4 Å². The fourth-order valence-electron chi connectivity index (χ4n) is 9.47. The summed E-state index contributed by atoms with van der Waals surface area (Å²) in [7, 11) is -4.50. The monoisotopic (exact) mass is 917 g/mol. The molecule has 0 radical (unpaired) electrons. The van der Waals surface area contributed by atoms with Crippen LogP contribution < -0.4 is 15.0 Å². The van der Waals surface area contributed by atoms with Gasteiger partial charge in [0.2, 0.25) is 11.8 Å². The highest BCUT2D eigenvalue weighted by Crippen LogP contribution is 2.32. The molecule has 0 aliphatic carbocycles. The molecule has 0 aromatic heterocycles. The summed E-state index contributed by atoms with van der Waals surface area (Å²) >= 11 is -2.28. The number of nitrogens with zero attached hydrogens (tertiary/aromatic N) is 3. The molecule has 346 valence electrons. The summed E-state index contributed by atoms with van der Waals surface area (Å²) in [5.74, 6) is -2.78. The van der Waals surface area contributed by atoms with Gasteiger partial charge in [0.25, 0.3) is 10.1 Å². The van der Waals surface area contributed by atoms with Crippen molar-refractivity contribution in [3.05, 3.63) is 90.5 Å². The number of esters is 1. The highest BCUT2D eigenvalue weighted by Gasteiger charge is 2.41. The van der Waals surface area contributed by atoms with Gasteiger partial charge in [-0.2, -0.15) is 8.42 Å². The van der Waals surface area contributed by atoms with Crippen LogP contribution in [-0.4, -0.2) is 117 Å². The fourth-order valence-corrected chi connectivity index (χ4v) is 10.5. The van der Waals surface area contributed by atoms with Gasteiger partial charge in [0.15, 0.2) is 0 Å². The van der Waals surface area contributed by atoms with Crippen LogP contribution in [0.2, 0.25) is 0 Å². The Hall–Kier alpha value is -4.74. The first-order valence-corrected chi connectivity index (χ1v) is 25.3. The zero-order chi connectivity index (χ0) is 45.8. The van der Waals surface area contributed by atoms with E-state index in [2.05, 4.69) is 47.1 Å². The number of ketones is 1. The zero-order valence-electron chi connectivity index (χ0n) is 36.6. The van der Waals surface area contributed by atoms with Gasteiger partial charge in [-0.25, -0.2) is 4.79 Å². The molecule has 3 aliphatic heterocycles. The van der Waals surface area contributed by atoms with E-state index in [-0.39, 0.29) is 37.0 Å². The average molecular weight is 918 g/mol. The van der Waals surface area contributed by atoms with Gasteiger partial charge in [-0.3, -0.25) is 28.0 Å². The first-order chi connectivity index (χ1) is 30.7. The third-order valence-corrected chi connectivity index (χ3v) is 14.2. The van der Waals surface area contributed by atoms with Crippen molar-refractivity contribution in [2.24, 2.45) is 5.92 Å². The highest BCUT2D eigenvalue weighted by molar-refractivity contribution is 7.85. The molecular formula is C48H61N4O10S2-. The lowest BCUT2D eigenvalue weighted by molar-refractivity contribution is -0.147. The molecule has 0 spiro atoms. The van der Waals surface area contributed by atoms with Gasteiger partial charge in [0.1, 0.15) is 23.6 Å². The quantitative estimate of drug-likeness (QED) is 0.0384. The Morgan fingerprint density at radius 3 is 2.47 bits per heavy atom. The number of anilines is 1. The number of aryl methyl sites for hydroxylation is 1. The number of nitrogens with one attached hydrogen (secondary N) is 1. The highest BCUT2D eigenvalue weighted by atomic mass is 32.2. The molecule has 64 heavy (non-hydrogen) atoms. The third-order valence-electron chi connectivity index (χ3n) is 12.9.